The van der Waals surface area contributed by atoms with Crippen LogP contribution in [0, 0.1) is 5.82 Å². The van der Waals surface area contributed by atoms with Crippen LogP contribution in [0.4, 0.5) is 4.39 Å². The van der Waals surface area contributed by atoms with Crippen molar-refractivity contribution < 1.29 is 4.39 Å². The highest BCUT2D eigenvalue weighted by atomic mass is 35.5. The van der Waals surface area contributed by atoms with Crippen LogP contribution in [0.2, 0.25) is 10.0 Å². The highest BCUT2D eigenvalue weighted by molar-refractivity contribution is 6.30. The normalized spacial score (nSPS) is 12.4. The molecular formula is C16H16Cl2FN. The lowest BCUT2D eigenvalue weighted by Crippen LogP contribution is -2.24. The van der Waals surface area contributed by atoms with Crippen LogP contribution in [0.25, 0.3) is 0 Å². The van der Waals surface area contributed by atoms with Crippen molar-refractivity contribution in [2.45, 2.75) is 19.4 Å². The highest BCUT2D eigenvalue weighted by Crippen LogP contribution is 2.25. The molecule has 0 aliphatic rings. The summed E-state index contributed by atoms with van der Waals surface area (Å²) in [7, 11) is 0. The van der Waals surface area contributed by atoms with E-state index in [1.54, 1.807) is 12.1 Å². The molecule has 106 valence electrons. The van der Waals surface area contributed by atoms with Gasteiger partial charge in [0, 0.05) is 21.7 Å². The molecule has 0 fully saturated rings. The second-order valence-corrected chi connectivity index (χ2v) is 5.48. The summed E-state index contributed by atoms with van der Waals surface area (Å²) in [4.78, 5) is 0. The molecular weight excluding hydrogens is 296 g/mol. The zero-order chi connectivity index (χ0) is 14.5. The van der Waals surface area contributed by atoms with Crippen molar-refractivity contribution in [2.75, 3.05) is 6.54 Å². The van der Waals surface area contributed by atoms with Crippen molar-refractivity contribution in [3.63, 3.8) is 0 Å². The van der Waals surface area contributed by atoms with E-state index in [-0.39, 0.29) is 11.9 Å². The molecule has 1 atom stereocenters. The summed E-state index contributed by atoms with van der Waals surface area (Å²) in [6, 6.07) is 12.1. The van der Waals surface area contributed by atoms with Crippen LogP contribution < -0.4 is 5.32 Å². The topological polar surface area (TPSA) is 12.0 Å². The van der Waals surface area contributed by atoms with Gasteiger partial charge in [-0.05, 0) is 48.9 Å². The van der Waals surface area contributed by atoms with Crippen molar-refractivity contribution >= 4 is 23.2 Å². The zero-order valence-corrected chi connectivity index (χ0v) is 12.7. The highest BCUT2D eigenvalue weighted by Gasteiger charge is 2.16. The molecule has 1 N–H and O–H groups in total. The Morgan fingerprint density at radius 3 is 2.35 bits per heavy atom. The number of rotatable bonds is 5. The Morgan fingerprint density at radius 2 is 1.70 bits per heavy atom. The van der Waals surface area contributed by atoms with Gasteiger partial charge in [-0.25, -0.2) is 4.39 Å². The number of likely N-dealkylation sites (N-methyl/N-ethyl adjacent to an activating group) is 1. The van der Waals surface area contributed by atoms with Gasteiger partial charge in [0.05, 0.1) is 0 Å². The Labute approximate surface area is 128 Å². The van der Waals surface area contributed by atoms with Crippen LogP contribution in [0.3, 0.4) is 0 Å². The summed E-state index contributed by atoms with van der Waals surface area (Å²) in [5, 5.41) is 4.54. The fourth-order valence-corrected chi connectivity index (χ4v) is 2.48. The summed E-state index contributed by atoms with van der Waals surface area (Å²) in [6.45, 7) is 2.75. The number of nitrogens with one attached hydrogen (secondary N) is 1. The third-order valence-electron chi connectivity index (χ3n) is 3.14. The number of benzene rings is 2. The molecule has 0 heterocycles. The molecule has 0 amide bonds. The van der Waals surface area contributed by atoms with Gasteiger partial charge in [0.2, 0.25) is 0 Å². The van der Waals surface area contributed by atoms with Gasteiger partial charge < -0.3 is 5.32 Å². The molecule has 1 unspecified atom stereocenters. The fraction of sp³-hybridized carbons (Fsp3) is 0.250. The third kappa shape index (κ3) is 3.95. The summed E-state index contributed by atoms with van der Waals surface area (Å²) >= 11 is 11.9. The van der Waals surface area contributed by atoms with Gasteiger partial charge in [-0.2, -0.15) is 0 Å². The Bertz CT molecular complexity index is 569. The van der Waals surface area contributed by atoms with Crippen LogP contribution in [-0.4, -0.2) is 6.54 Å². The van der Waals surface area contributed by atoms with Crippen LogP contribution in [0.1, 0.15) is 24.1 Å². The first-order chi connectivity index (χ1) is 9.60. The van der Waals surface area contributed by atoms with Gasteiger partial charge in [0.15, 0.2) is 0 Å². The molecule has 2 aromatic rings. The van der Waals surface area contributed by atoms with Gasteiger partial charge >= 0.3 is 0 Å². The molecule has 0 aliphatic heterocycles. The maximum atomic E-state index is 14.0. The SMILES string of the molecule is CCNC(Cc1ccc(Cl)cc1)c1cc(Cl)ccc1F. The number of halogens is 3. The molecule has 0 saturated carbocycles. The first-order valence-electron chi connectivity index (χ1n) is 6.53. The summed E-state index contributed by atoms with van der Waals surface area (Å²) in [5.74, 6) is -0.241. The van der Waals surface area contributed by atoms with Crippen molar-refractivity contribution in [2.24, 2.45) is 0 Å². The number of hydrogen-bond donors (Lipinski definition) is 1. The van der Waals surface area contributed by atoms with Gasteiger partial charge in [-0.15, -0.1) is 0 Å². The van der Waals surface area contributed by atoms with Crippen molar-refractivity contribution in [3.05, 3.63) is 69.5 Å². The third-order valence-corrected chi connectivity index (χ3v) is 3.62. The van der Waals surface area contributed by atoms with E-state index in [9.17, 15) is 4.39 Å². The van der Waals surface area contributed by atoms with E-state index < -0.39 is 0 Å². The largest absolute Gasteiger partial charge is 0.310 e. The van der Waals surface area contributed by atoms with E-state index in [0.29, 0.717) is 22.0 Å². The average molecular weight is 312 g/mol. The van der Waals surface area contributed by atoms with E-state index in [2.05, 4.69) is 5.32 Å². The molecule has 0 aromatic heterocycles. The van der Waals surface area contributed by atoms with Gasteiger partial charge in [-0.1, -0.05) is 42.3 Å². The Kier molecular flexibility index (Phi) is 5.41. The van der Waals surface area contributed by atoms with Gasteiger partial charge in [0.1, 0.15) is 5.82 Å². The van der Waals surface area contributed by atoms with Gasteiger partial charge in [0.25, 0.3) is 0 Å². The van der Waals surface area contributed by atoms with E-state index in [1.807, 2.05) is 31.2 Å². The second kappa shape index (κ2) is 7.07. The molecule has 2 rings (SSSR count). The molecule has 20 heavy (non-hydrogen) atoms. The van der Waals surface area contributed by atoms with E-state index in [4.69, 9.17) is 23.2 Å². The Hall–Kier alpha value is -1.09. The Morgan fingerprint density at radius 1 is 1.05 bits per heavy atom. The minimum Gasteiger partial charge on any atom is -0.310 e. The minimum atomic E-state index is -0.241. The predicted octanol–water partition coefficient (Wildman–Crippen LogP) is 5.03. The van der Waals surface area contributed by atoms with E-state index >= 15 is 0 Å². The van der Waals surface area contributed by atoms with E-state index in [0.717, 1.165) is 12.1 Å². The molecule has 0 bridgehead atoms. The van der Waals surface area contributed by atoms with Crippen LogP contribution in [0.5, 0.6) is 0 Å². The first-order valence-corrected chi connectivity index (χ1v) is 7.28. The van der Waals surface area contributed by atoms with Crippen molar-refractivity contribution in [1.29, 1.82) is 0 Å². The summed E-state index contributed by atoms with van der Waals surface area (Å²) in [6.07, 6.45) is 0.683. The lowest BCUT2D eigenvalue weighted by Gasteiger charge is -2.19. The minimum absolute atomic E-state index is 0.111. The average Bonchev–Trinajstić information content (AvgIpc) is 2.43. The monoisotopic (exact) mass is 311 g/mol. The lowest BCUT2D eigenvalue weighted by molar-refractivity contribution is 0.510. The van der Waals surface area contributed by atoms with Crippen LogP contribution in [0.15, 0.2) is 42.5 Å². The zero-order valence-electron chi connectivity index (χ0n) is 11.2. The van der Waals surface area contributed by atoms with Crippen molar-refractivity contribution in [1.82, 2.24) is 5.32 Å². The molecule has 0 spiro atoms. The van der Waals surface area contributed by atoms with Crippen LogP contribution >= 0.6 is 23.2 Å². The Balaban J connectivity index is 2.26. The van der Waals surface area contributed by atoms with Crippen LogP contribution in [-0.2, 0) is 6.42 Å². The van der Waals surface area contributed by atoms with Gasteiger partial charge in [-0.3, -0.25) is 0 Å². The molecule has 2 aromatic carbocycles. The molecule has 0 saturated heterocycles. The smallest absolute Gasteiger partial charge is 0.128 e. The fourth-order valence-electron chi connectivity index (χ4n) is 2.18. The summed E-state index contributed by atoms with van der Waals surface area (Å²) in [5.41, 5.74) is 1.69. The molecule has 0 radical (unpaired) electrons. The maximum Gasteiger partial charge on any atom is 0.128 e. The second-order valence-electron chi connectivity index (χ2n) is 4.61. The first kappa shape index (κ1) is 15.3. The standard InChI is InChI=1S/C16H16Cl2FN/c1-2-20-16(9-11-3-5-12(17)6-4-11)14-10-13(18)7-8-15(14)19/h3-8,10,16,20H,2,9H2,1H3. The summed E-state index contributed by atoms with van der Waals surface area (Å²) < 4.78 is 14.0. The molecule has 1 nitrogen and oxygen atoms in total. The number of hydrogen-bond acceptors (Lipinski definition) is 1. The van der Waals surface area contributed by atoms with E-state index in [1.165, 1.54) is 6.07 Å². The van der Waals surface area contributed by atoms with Crippen molar-refractivity contribution in [3.8, 4) is 0 Å². The molecule has 0 aliphatic carbocycles. The maximum absolute atomic E-state index is 14.0. The predicted molar refractivity (Wildman–Crippen MR) is 83.0 cm³/mol. The molecule has 4 heteroatoms. The lowest BCUT2D eigenvalue weighted by atomic mass is 9.98. The quantitative estimate of drug-likeness (QED) is 0.817.